The third-order valence-corrected chi connectivity index (χ3v) is 4.35. The Morgan fingerprint density at radius 3 is 3.20 bits per heavy atom. The molecule has 0 atom stereocenters. The molecule has 0 bridgehead atoms. The molecule has 0 radical (unpaired) electrons. The number of thiophene rings is 1. The summed E-state index contributed by atoms with van der Waals surface area (Å²) in [5, 5.41) is 10.9. The standard InChI is InChI=1S/C15H14N2O2S/c18-14(19)4-3-11-2-1-7-16-15(11)17-8-5-13-12(10-17)6-9-20-13/h1-4,6-7,9H,5,8,10H2,(H,18,19)/b4-3+. The van der Waals surface area contributed by atoms with E-state index in [1.54, 1.807) is 23.6 Å². The van der Waals surface area contributed by atoms with Crippen LogP contribution in [0.3, 0.4) is 0 Å². The van der Waals surface area contributed by atoms with Crippen molar-refractivity contribution in [2.75, 3.05) is 11.4 Å². The van der Waals surface area contributed by atoms with Crippen molar-refractivity contribution in [3.63, 3.8) is 0 Å². The summed E-state index contributed by atoms with van der Waals surface area (Å²) in [6.45, 7) is 1.75. The lowest BCUT2D eigenvalue weighted by Crippen LogP contribution is -2.30. The zero-order chi connectivity index (χ0) is 13.9. The van der Waals surface area contributed by atoms with Gasteiger partial charge in [0.1, 0.15) is 5.82 Å². The van der Waals surface area contributed by atoms with Gasteiger partial charge in [-0.05, 0) is 41.6 Å². The molecule has 0 unspecified atom stereocenters. The van der Waals surface area contributed by atoms with Gasteiger partial charge in [-0.2, -0.15) is 0 Å². The van der Waals surface area contributed by atoms with Crippen molar-refractivity contribution in [3.05, 3.63) is 51.9 Å². The molecule has 1 N–H and O–H groups in total. The predicted molar refractivity (Wildman–Crippen MR) is 80.0 cm³/mol. The lowest BCUT2D eigenvalue weighted by atomic mass is 10.1. The van der Waals surface area contributed by atoms with Gasteiger partial charge >= 0.3 is 5.97 Å². The van der Waals surface area contributed by atoms with E-state index in [1.165, 1.54) is 10.4 Å². The molecule has 20 heavy (non-hydrogen) atoms. The van der Waals surface area contributed by atoms with E-state index in [2.05, 4.69) is 21.3 Å². The minimum absolute atomic E-state index is 0.837. The number of carboxylic acids is 1. The smallest absolute Gasteiger partial charge is 0.328 e. The van der Waals surface area contributed by atoms with Crippen LogP contribution >= 0.6 is 11.3 Å². The Labute approximate surface area is 121 Å². The highest BCUT2D eigenvalue weighted by molar-refractivity contribution is 7.10. The van der Waals surface area contributed by atoms with Crippen LogP contribution in [0.5, 0.6) is 0 Å². The number of fused-ring (bicyclic) bond motifs is 1. The third kappa shape index (κ3) is 2.58. The van der Waals surface area contributed by atoms with Crippen molar-refractivity contribution in [2.45, 2.75) is 13.0 Å². The quantitative estimate of drug-likeness (QED) is 0.882. The molecule has 4 nitrogen and oxygen atoms in total. The maximum Gasteiger partial charge on any atom is 0.328 e. The van der Waals surface area contributed by atoms with Crippen LogP contribution in [0.2, 0.25) is 0 Å². The Hall–Kier alpha value is -2.14. The first-order chi connectivity index (χ1) is 9.74. The molecule has 0 amide bonds. The second-order valence-electron chi connectivity index (χ2n) is 4.63. The van der Waals surface area contributed by atoms with Crippen LogP contribution < -0.4 is 4.90 Å². The maximum atomic E-state index is 10.7. The average molecular weight is 286 g/mol. The summed E-state index contributed by atoms with van der Waals surface area (Å²) < 4.78 is 0. The minimum atomic E-state index is -0.946. The van der Waals surface area contributed by atoms with Crippen LogP contribution in [0, 0.1) is 0 Å². The molecule has 0 saturated carbocycles. The molecule has 3 heterocycles. The van der Waals surface area contributed by atoms with Gasteiger partial charge in [-0.25, -0.2) is 9.78 Å². The van der Waals surface area contributed by atoms with Gasteiger partial charge in [-0.3, -0.25) is 0 Å². The molecule has 3 rings (SSSR count). The normalized spacial score (nSPS) is 14.5. The monoisotopic (exact) mass is 286 g/mol. The summed E-state index contributed by atoms with van der Waals surface area (Å²) >= 11 is 1.80. The molecule has 102 valence electrons. The average Bonchev–Trinajstić information content (AvgIpc) is 2.92. The van der Waals surface area contributed by atoms with Gasteiger partial charge in [0.15, 0.2) is 0 Å². The third-order valence-electron chi connectivity index (χ3n) is 3.33. The summed E-state index contributed by atoms with van der Waals surface area (Å²) in [6.07, 6.45) is 5.52. The molecule has 5 heteroatoms. The van der Waals surface area contributed by atoms with Gasteiger partial charge < -0.3 is 10.0 Å². The Morgan fingerprint density at radius 1 is 1.45 bits per heavy atom. The molecule has 1 aliphatic heterocycles. The second-order valence-corrected chi connectivity index (χ2v) is 5.63. The van der Waals surface area contributed by atoms with Crippen LogP contribution in [-0.4, -0.2) is 22.6 Å². The van der Waals surface area contributed by atoms with Crippen LogP contribution in [0.25, 0.3) is 6.08 Å². The second kappa shape index (κ2) is 5.46. The fourth-order valence-corrected chi connectivity index (χ4v) is 3.28. The fraction of sp³-hybridized carbons (Fsp3) is 0.200. The van der Waals surface area contributed by atoms with Crippen molar-refractivity contribution >= 4 is 29.2 Å². The van der Waals surface area contributed by atoms with Gasteiger partial charge in [-0.15, -0.1) is 11.3 Å². The van der Waals surface area contributed by atoms with Crippen molar-refractivity contribution in [3.8, 4) is 0 Å². The van der Waals surface area contributed by atoms with Crippen LogP contribution in [0.1, 0.15) is 16.0 Å². The predicted octanol–water partition coefficient (Wildman–Crippen LogP) is 2.80. The highest BCUT2D eigenvalue weighted by Gasteiger charge is 2.19. The summed E-state index contributed by atoms with van der Waals surface area (Å²) in [5.74, 6) is -0.0968. The first-order valence-corrected chi connectivity index (χ1v) is 7.28. The Morgan fingerprint density at radius 2 is 2.35 bits per heavy atom. The molecule has 0 aliphatic carbocycles. The zero-order valence-electron chi connectivity index (χ0n) is 10.8. The van der Waals surface area contributed by atoms with Crippen molar-refractivity contribution in [1.82, 2.24) is 4.98 Å². The number of aromatic nitrogens is 1. The number of nitrogens with zero attached hydrogens (tertiary/aromatic N) is 2. The summed E-state index contributed by atoms with van der Waals surface area (Å²) in [7, 11) is 0. The van der Waals surface area contributed by atoms with Gasteiger partial charge in [-0.1, -0.05) is 0 Å². The molecule has 0 spiro atoms. The van der Waals surface area contributed by atoms with Gasteiger partial charge in [0.25, 0.3) is 0 Å². The van der Waals surface area contributed by atoms with E-state index in [0.717, 1.165) is 37.0 Å². The molecule has 1 aliphatic rings. The van der Waals surface area contributed by atoms with E-state index in [-0.39, 0.29) is 0 Å². The van der Waals surface area contributed by atoms with Crippen molar-refractivity contribution in [2.24, 2.45) is 0 Å². The Balaban J connectivity index is 1.89. The van der Waals surface area contributed by atoms with Gasteiger partial charge in [0.2, 0.25) is 0 Å². The number of carbonyl (C=O) groups is 1. The zero-order valence-corrected chi connectivity index (χ0v) is 11.6. The van der Waals surface area contributed by atoms with Gasteiger partial charge in [0, 0.05) is 35.8 Å². The van der Waals surface area contributed by atoms with Crippen molar-refractivity contribution in [1.29, 1.82) is 0 Å². The first-order valence-electron chi connectivity index (χ1n) is 6.40. The number of anilines is 1. The highest BCUT2D eigenvalue weighted by Crippen LogP contribution is 2.28. The SMILES string of the molecule is O=C(O)/C=C/c1cccnc1N1CCc2sccc2C1. The van der Waals surface area contributed by atoms with E-state index in [4.69, 9.17) is 5.11 Å². The topological polar surface area (TPSA) is 53.4 Å². The van der Waals surface area contributed by atoms with E-state index in [1.807, 2.05) is 12.1 Å². The number of hydrogen-bond donors (Lipinski definition) is 1. The van der Waals surface area contributed by atoms with Crippen molar-refractivity contribution < 1.29 is 9.90 Å². The number of hydrogen-bond acceptors (Lipinski definition) is 4. The molecule has 0 fully saturated rings. The van der Waals surface area contributed by atoms with Gasteiger partial charge in [0.05, 0.1) is 0 Å². The summed E-state index contributed by atoms with van der Waals surface area (Å²) in [6, 6.07) is 5.87. The largest absolute Gasteiger partial charge is 0.478 e. The number of aliphatic carboxylic acids is 1. The lowest BCUT2D eigenvalue weighted by Gasteiger charge is -2.29. The molecular weight excluding hydrogens is 272 g/mol. The Kier molecular flexibility index (Phi) is 3.52. The summed E-state index contributed by atoms with van der Waals surface area (Å²) in [5.41, 5.74) is 2.19. The van der Waals surface area contributed by atoms with E-state index in [0.29, 0.717) is 0 Å². The molecule has 0 saturated heterocycles. The number of carboxylic acid groups (broad SMARTS) is 1. The maximum absolute atomic E-state index is 10.7. The summed E-state index contributed by atoms with van der Waals surface area (Å²) in [4.78, 5) is 18.7. The van der Waals surface area contributed by atoms with E-state index in [9.17, 15) is 4.79 Å². The number of pyridine rings is 1. The highest BCUT2D eigenvalue weighted by atomic mass is 32.1. The fourth-order valence-electron chi connectivity index (χ4n) is 2.39. The van der Waals surface area contributed by atoms with Crippen LogP contribution in [0.4, 0.5) is 5.82 Å². The lowest BCUT2D eigenvalue weighted by molar-refractivity contribution is -0.131. The molecule has 2 aromatic rings. The van der Waals surface area contributed by atoms with E-state index >= 15 is 0 Å². The first kappa shape index (κ1) is 12.9. The van der Waals surface area contributed by atoms with Crippen LogP contribution in [0.15, 0.2) is 35.9 Å². The van der Waals surface area contributed by atoms with E-state index < -0.39 is 5.97 Å². The number of rotatable bonds is 3. The molecular formula is C15H14N2O2S. The molecule has 2 aromatic heterocycles. The molecule has 0 aromatic carbocycles. The minimum Gasteiger partial charge on any atom is -0.478 e. The Bertz CT molecular complexity index is 663. The van der Waals surface area contributed by atoms with Crippen LogP contribution in [-0.2, 0) is 17.8 Å².